The van der Waals surface area contributed by atoms with E-state index in [4.69, 9.17) is 11.6 Å². The molecule has 0 fully saturated rings. The standard InChI is InChI=1S/C13H11ClN3O9PS.Na/c14-12-6-5-11(7-13(12)17(20)21)28(24,25)15-8-27(22,23)26-10-3-1-9(2-4-10)16(18)19;/h1-7,15H,8H2,(H,22,23);/q;+1/p-1. The molecule has 0 aliphatic rings. The predicted octanol–water partition coefficient (Wildman–Crippen LogP) is -0.971. The van der Waals surface area contributed by atoms with Gasteiger partial charge in [0.2, 0.25) is 10.0 Å². The van der Waals surface area contributed by atoms with Gasteiger partial charge in [0.1, 0.15) is 10.8 Å². The van der Waals surface area contributed by atoms with Crippen LogP contribution in [0.5, 0.6) is 5.75 Å². The van der Waals surface area contributed by atoms with Gasteiger partial charge in [0.25, 0.3) is 11.4 Å². The minimum atomic E-state index is -4.78. The molecule has 1 unspecified atom stereocenters. The van der Waals surface area contributed by atoms with E-state index in [1.165, 1.54) is 0 Å². The molecule has 0 aliphatic carbocycles. The Kier molecular flexibility index (Phi) is 8.74. The zero-order valence-corrected chi connectivity index (χ0v) is 19.0. The minimum Gasteiger partial charge on any atom is -0.768 e. The van der Waals surface area contributed by atoms with Crippen molar-refractivity contribution < 1.29 is 61.8 Å². The second-order valence-electron chi connectivity index (χ2n) is 5.13. The van der Waals surface area contributed by atoms with E-state index >= 15 is 0 Å². The van der Waals surface area contributed by atoms with E-state index in [1.807, 2.05) is 0 Å². The summed E-state index contributed by atoms with van der Waals surface area (Å²) in [5, 5.41) is 21.1. The van der Waals surface area contributed by atoms with Gasteiger partial charge in [-0.1, -0.05) is 11.6 Å². The number of rotatable bonds is 8. The largest absolute Gasteiger partial charge is 1.00 e. The molecule has 0 spiro atoms. The van der Waals surface area contributed by atoms with Gasteiger partial charge in [0.15, 0.2) is 7.60 Å². The second kappa shape index (κ2) is 9.96. The molecule has 16 heteroatoms. The van der Waals surface area contributed by atoms with Gasteiger partial charge in [-0.3, -0.25) is 24.8 Å². The van der Waals surface area contributed by atoms with Crippen molar-refractivity contribution in [2.45, 2.75) is 4.90 Å². The van der Waals surface area contributed by atoms with Crippen molar-refractivity contribution in [3.63, 3.8) is 0 Å². The van der Waals surface area contributed by atoms with Crippen LogP contribution in [0, 0.1) is 20.2 Å². The van der Waals surface area contributed by atoms with Crippen LogP contribution in [0.25, 0.3) is 0 Å². The monoisotopic (exact) mass is 473 g/mol. The Morgan fingerprint density at radius 1 is 1.07 bits per heavy atom. The van der Waals surface area contributed by atoms with Gasteiger partial charge in [-0.25, -0.2) is 13.1 Å². The van der Waals surface area contributed by atoms with Crippen LogP contribution in [-0.4, -0.2) is 24.6 Å². The first-order valence-electron chi connectivity index (χ1n) is 7.09. The van der Waals surface area contributed by atoms with E-state index in [0.29, 0.717) is 6.07 Å². The fourth-order valence-electron chi connectivity index (χ4n) is 1.87. The van der Waals surface area contributed by atoms with Crippen LogP contribution in [0.2, 0.25) is 5.02 Å². The molecule has 12 nitrogen and oxygen atoms in total. The topological polar surface area (TPSA) is 182 Å². The Balaban J connectivity index is 0.00000420. The number of hydrogen-bond donors (Lipinski definition) is 1. The number of nitro groups is 2. The molecule has 0 radical (unpaired) electrons. The number of nitro benzene ring substituents is 2. The average molecular weight is 474 g/mol. The number of halogens is 1. The van der Waals surface area contributed by atoms with Crippen LogP contribution >= 0.6 is 19.2 Å². The van der Waals surface area contributed by atoms with Crippen molar-refractivity contribution in [3.05, 3.63) is 67.7 Å². The summed E-state index contributed by atoms with van der Waals surface area (Å²) in [6.07, 6.45) is -1.16. The molecule has 2 aromatic rings. The summed E-state index contributed by atoms with van der Waals surface area (Å²) in [6.45, 7) is 0. The molecule has 0 bridgehead atoms. The molecule has 1 N–H and O–H groups in total. The molecule has 1 atom stereocenters. The average Bonchev–Trinajstić information content (AvgIpc) is 2.60. The Hall–Kier alpha value is -1.57. The van der Waals surface area contributed by atoms with Crippen molar-refractivity contribution in [3.8, 4) is 5.75 Å². The molecule has 29 heavy (non-hydrogen) atoms. The van der Waals surface area contributed by atoms with Gasteiger partial charge in [0.05, 0.1) is 21.0 Å². The number of non-ortho nitro benzene ring substituents is 1. The summed E-state index contributed by atoms with van der Waals surface area (Å²) in [4.78, 5) is 31.2. The predicted molar refractivity (Wildman–Crippen MR) is 94.6 cm³/mol. The first-order valence-corrected chi connectivity index (χ1v) is 10.7. The molecule has 150 valence electrons. The van der Waals surface area contributed by atoms with Gasteiger partial charge in [0, 0.05) is 18.2 Å². The summed E-state index contributed by atoms with van der Waals surface area (Å²) < 4.78 is 42.7. The molecule has 0 saturated carbocycles. The van der Waals surface area contributed by atoms with Crippen LogP contribution < -0.4 is 43.7 Å². The Morgan fingerprint density at radius 2 is 1.66 bits per heavy atom. The van der Waals surface area contributed by atoms with Crippen LogP contribution in [0.1, 0.15) is 0 Å². The van der Waals surface area contributed by atoms with Gasteiger partial charge in [-0.2, -0.15) is 0 Å². The quantitative estimate of drug-likeness (QED) is 0.218. The van der Waals surface area contributed by atoms with Gasteiger partial charge in [-0.05, 0) is 24.3 Å². The number of sulfonamides is 1. The number of hydrogen-bond acceptors (Lipinski definition) is 9. The molecule has 0 aliphatic heterocycles. The maximum atomic E-state index is 12.2. The van der Waals surface area contributed by atoms with Crippen molar-refractivity contribution >= 4 is 40.6 Å². The minimum absolute atomic E-state index is 0. The Bertz CT molecular complexity index is 1080. The van der Waals surface area contributed by atoms with Gasteiger partial charge < -0.3 is 9.42 Å². The van der Waals surface area contributed by atoms with E-state index in [9.17, 15) is 38.1 Å². The Morgan fingerprint density at radius 3 is 2.17 bits per heavy atom. The molecular weight excluding hydrogens is 464 g/mol. The third-order valence-corrected chi connectivity index (χ3v) is 6.13. The maximum Gasteiger partial charge on any atom is 1.00 e. The van der Waals surface area contributed by atoms with Crippen LogP contribution in [0.3, 0.4) is 0 Å². The number of nitrogens with one attached hydrogen (secondary N) is 1. The third kappa shape index (κ3) is 7.01. The van der Waals surface area contributed by atoms with Crippen LogP contribution in [0.15, 0.2) is 47.4 Å². The maximum absolute atomic E-state index is 12.2. The van der Waals surface area contributed by atoms with Crippen molar-refractivity contribution in [1.29, 1.82) is 0 Å². The van der Waals surface area contributed by atoms with Gasteiger partial charge >= 0.3 is 29.6 Å². The number of benzene rings is 2. The molecule has 0 amide bonds. The van der Waals surface area contributed by atoms with Crippen molar-refractivity contribution in [2.24, 2.45) is 0 Å². The normalized spacial score (nSPS) is 13.0. The first kappa shape index (κ1) is 25.5. The van der Waals surface area contributed by atoms with E-state index < -0.39 is 44.3 Å². The second-order valence-corrected chi connectivity index (χ2v) is 9.02. The summed E-state index contributed by atoms with van der Waals surface area (Å²) >= 11 is 5.60. The molecule has 2 aromatic carbocycles. The molecule has 0 aromatic heterocycles. The van der Waals surface area contributed by atoms with Crippen LogP contribution in [0.4, 0.5) is 11.4 Å². The third-order valence-electron chi connectivity index (χ3n) is 3.16. The van der Waals surface area contributed by atoms with E-state index in [0.717, 1.165) is 36.4 Å². The summed E-state index contributed by atoms with van der Waals surface area (Å²) in [6, 6.07) is 6.69. The zero-order valence-electron chi connectivity index (χ0n) is 14.6. The zero-order chi connectivity index (χ0) is 21.1. The molecular formula is C13H10ClN3NaO9PS. The van der Waals surface area contributed by atoms with E-state index in [2.05, 4.69) is 4.52 Å². The smallest absolute Gasteiger partial charge is 0.768 e. The summed E-state index contributed by atoms with van der Waals surface area (Å²) in [5.74, 6) is -0.259. The molecule has 0 heterocycles. The fraction of sp³-hybridized carbons (Fsp3) is 0.0769. The van der Waals surface area contributed by atoms with E-state index in [-0.39, 0.29) is 46.0 Å². The SMILES string of the molecule is O=[N+]([O-])c1ccc(OP(=O)([O-])CNS(=O)(=O)c2ccc(Cl)c([N+](=O)[O-])c2)cc1.[Na+]. The summed E-state index contributed by atoms with van der Waals surface area (Å²) in [5.41, 5.74) is -0.963. The first-order chi connectivity index (χ1) is 12.9. The fourth-order valence-corrected chi connectivity index (χ4v) is 4.56. The molecule has 0 saturated heterocycles. The summed E-state index contributed by atoms with van der Waals surface area (Å²) in [7, 11) is -9.21. The number of nitrogens with zero attached hydrogens (tertiary/aromatic N) is 2. The Labute approximate surface area is 191 Å². The van der Waals surface area contributed by atoms with Gasteiger partial charge in [-0.15, -0.1) is 0 Å². The molecule has 2 rings (SSSR count). The van der Waals surface area contributed by atoms with Crippen LogP contribution in [-0.2, 0) is 14.6 Å². The van der Waals surface area contributed by atoms with E-state index in [1.54, 1.807) is 4.72 Å². The van der Waals surface area contributed by atoms with Crippen molar-refractivity contribution in [1.82, 2.24) is 4.72 Å². The van der Waals surface area contributed by atoms with Crippen molar-refractivity contribution in [2.75, 3.05) is 6.29 Å².